The second kappa shape index (κ2) is 10.8. The van der Waals surface area contributed by atoms with Crippen LogP contribution in [0.25, 0.3) is 0 Å². The Bertz CT molecular complexity index is 790. The summed E-state index contributed by atoms with van der Waals surface area (Å²) >= 11 is 0. The fourth-order valence-electron chi connectivity index (χ4n) is 3.09. The standard InChI is InChI=1S/C20H25N5O4/c21-10-6-2-5-9-14(18(22)27)23-17(26)12-16-20(29)24-15(19(28)25-16)11-13-7-3-1-4-8-13/h1,3-4,7-8,14-16H,2,5-6,9,11-12H2,(H2,22,27)(H,23,26)(H,24,29)(H,25,28)/t14-,15-,16-/m0/s1. The van der Waals surface area contributed by atoms with Crippen LogP contribution < -0.4 is 21.7 Å². The van der Waals surface area contributed by atoms with Crippen LogP contribution in [0.15, 0.2) is 30.3 Å². The molecule has 0 aromatic heterocycles. The van der Waals surface area contributed by atoms with Gasteiger partial charge in [0.05, 0.1) is 12.5 Å². The van der Waals surface area contributed by atoms with Crippen molar-refractivity contribution in [3.05, 3.63) is 35.9 Å². The predicted molar refractivity (Wildman–Crippen MR) is 104 cm³/mol. The molecule has 1 aromatic rings. The van der Waals surface area contributed by atoms with Crippen LogP contribution in [0.4, 0.5) is 0 Å². The highest BCUT2D eigenvalue weighted by Gasteiger charge is 2.35. The van der Waals surface area contributed by atoms with Gasteiger partial charge in [-0.2, -0.15) is 5.26 Å². The number of hydrogen-bond donors (Lipinski definition) is 4. The second-order valence-corrected chi connectivity index (χ2v) is 6.94. The van der Waals surface area contributed by atoms with Gasteiger partial charge in [0.15, 0.2) is 0 Å². The van der Waals surface area contributed by atoms with E-state index in [0.29, 0.717) is 32.1 Å². The SMILES string of the molecule is N#CCCCC[C@H](NC(=O)C[C@@H]1NC(=O)[C@H](Cc2ccccc2)NC1=O)C(N)=O. The molecule has 0 spiro atoms. The lowest BCUT2D eigenvalue weighted by Gasteiger charge is -2.29. The first kappa shape index (κ1) is 21.9. The number of carbonyl (C=O) groups excluding carboxylic acids is 4. The Morgan fingerprint density at radius 2 is 1.76 bits per heavy atom. The Balaban J connectivity index is 1.85. The van der Waals surface area contributed by atoms with Crippen molar-refractivity contribution in [3.8, 4) is 6.07 Å². The minimum atomic E-state index is -1.01. The number of nitrogens with zero attached hydrogens (tertiary/aromatic N) is 1. The fourth-order valence-corrected chi connectivity index (χ4v) is 3.09. The van der Waals surface area contributed by atoms with Gasteiger partial charge >= 0.3 is 0 Å². The van der Waals surface area contributed by atoms with Crippen LogP contribution in [0.2, 0.25) is 0 Å². The maximum atomic E-state index is 12.3. The minimum absolute atomic E-state index is 0.294. The summed E-state index contributed by atoms with van der Waals surface area (Å²) in [5.41, 5.74) is 6.21. The molecule has 154 valence electrons. The summed E-state index contributed by atoms with van der Waals surface area (Å²) in [6.07, 6.45) is 1.88. The first-order valence-electron chi connectivity index (χ1n) is 9.51. The van der Waals surface area contributed by atoms with E-state index in [1.54, 1.807) is 0 Å². The summed E-state index contributed by atoms with van der Waals surface area (Å²) in [7, 11) is 0. The topological polar surface area (TPSA) is 154 Å². The Hall–Kier alpha value is -3.41. The minimum Gasteiger partial charge on any atom is -0.368 e. The molecule has 3 atom stereocenters. The normalized spacial score (nSPS) is 19.4. The maximum absolute atomic E-state index is 12.3. The average Bonchev–Trinajstić information content (AvgIpc) is 2.68. The summed E-state index contributed by atoms with van der Waals surface area (Å²) in [6.45, 7) is 0. The van der Waals surface area contributed by atoms with E-state index in [2.05, 4.69) is 16.0 Å². The van der Waals surface area contributed by atoms with Crippen molar-refractivity contribution in [1.82, 2.24) is 16.0 Å². The molecule has 1 saturated heterocycles. The van der Waals surface area contributed by atoms with Gasteiger partial charge < -0.3 is 21.7 Å². The number of hydrogen-bond acceptors (Lipinski definition) is 5. The lowest BCUT2D eigenvalue weighted by Crippen LogP contribution is -2.63. The number of benzene rings is 1. The zero-order chi connectivity index (χ0) is 21.2. The first-order chi connectivity index (χ1) is 13.9. The molecule has 29 heavy (non-hydrogen) atoms. The molecule has 5 N–H and O–H groups in total. The predicted octanol–water partition coefficient (Wildman–Crippen LogP) is -0.344. The number of primary amides is 1. The van der Waals surface area contributed by atoms with Gasteiger partial charge in [0.2, 0.25) is 23.6 Å². The second-order valence-electron chi connectivity index (χ2n) is 6.94. The van der Waals surface area contributed by atoms with Crippen molar-refractivity contribution in [2.24, 2.45) is 5.73 Å². The Labute approximate surface area is 169 Å². The van der Waals surface area contributed by atoms with Crippen molar-refractivity contribution < 1.29 is 19.2 Å². The molecule has 1 aromatic carbocycles. The van der Waals surface area contributed by atoms with Crippen molar-refractivity contribution in [1.29, 1.82) is 5.26 Å². The number of unbranched alkanes of at least 4 members (excludes halogenated alkanes) is 2. The monoisotopic (exact) mass is 399 g/mol. The van der Waals surface area contributed by atoms with Crippen molar-refractivity contribution in [3.63, 3.8) is 0 Å². The molecule has 4 amide bonds. The molecule has 1 aliphatic rings. The molecule has 0 saturated carbocycles. The van der Waals surface area contributed by atoms with E-state index in [1.165, 1.54) is 0 Å². The van der Waals surface area contributed by atoms with E-state index >= 15 is 0 Å². The molecule has 9 heteroatoms. The molecule has 0 bridgehead atoms. The van der Waals surface area contributed by atoms with Crippen molar-refractivity contribution in [2.75, 3.05) is 0 Å². The lowest BCUT2D eigenvalue weighted by molar-refractivity contribution is -0.138. The summed E-state index contributed by atoms with van der Waals surface area (Å²) in [5, 5.41) is 16.2. The summed E-state index contributed by atoms with van der Waals surface area (Å²) in [4.78, 5) is 48.4. The van der Waals surface area contributed by atoms with Gasteiger partial charge in [-0.05, 0) is 24.8 Å². The Morgan fingerprint density at radius 3 is 2.41 bits per heavy atom. The number of amides is 4. The van der Waals surface area contributed by atoms with Crippen LogP contribution in [-0.4, -0.2) is 41.8 Å². The number of nitrogens with two attached hydrogens (primary N) is 1. The van der Waals surface area contributed by atoms with Gasteiger partial charge in [0, 0.05) is 12.8 Å². The third kappa shape index (κ3) is 6.92. The highest BCUT2D eigenvalue weighted by atomic mass is 16.2. The van der Waals surface area contributed by atoms with Crippen LogP contribution >= 0.6 is 0 Å². The molecule has 1 aliphatic heterocycles. The average molecular weight is 399 g/mol. The molecular formula is C20H25N5O4. The molecule has 0 unspecified atom stereocenters. The molecule has 0 radical (unpaired) electrons. The number of carbonyl (C=O) groups is 4. The molecular weight excluding hydrogens is 374 g/mol. The van der Waals surface area contributed by atoms with E-state index in [1.807, 2.05) is 36.4 Å². The van der Waals surface area contributed by atoms with Crippen LogP contribution in [0.5, 0.6) is 0 Å². The van der Waals surface area contributed by atoms with Gasteiger partial charge in [-0.15, -0.1) is 0 Å². The van der Waals surface area contributed by atoms with E-state index in [0.717, 1.165) is 5.56 Å². The zero-order valence-corrected chi connectivity index (χ0v) is 16.0. The number of rotatable bonds is 10. The highest BCUT2D eigenvalue weighted by Crippen LogP contribution is 2.09. The lowest BCUT2D eigenvalue weighted by atomic mass is 10.0. The quantitative estimate of drug-likeness (QED) is 0.396. The molecule has 9 nitrogen and oxygen atoms in total. The van der Waals surface area contributed by atoms with Crippen LogP contribution in [0, 0.1) is 11.3 Å². The fraction of sp³-hybridized carbons (Fsp3) is 0.450. The Morgan fingerprint density at radius 1 is 1.10 bits per heavy atom. The van der Waals surface area contributed by atoms with Gasteiger partial charge in [-0.25, -0.2) is 0 Å². The van der Waals surface area contributed by atoms with Crippen molar-refractivity contribution >= 4 is 23.6 Å². The van der Waals surface area contributed by atoms with Gasteiger partial charge in [-0.3, -0.25) is 19.2 Å². The summed E-state index contributed by atoms with van der Waals surface area (Å²) in [5.74, 6) is -2.06. The van der Waals surface area contributed by atoms with Crippen LogP contribution in [-0.2, 0) is 25.6 Å². The van der Waals surface area contributed by atoms with E-state index in [4.69, 9.17) is 11.0 Å². The molecule has 0 aliphatic carbocycles. The summed E-state index contributed by atoms with van der Waals surface area (Å²) in [6, 6.07) is 8.69. The molecule has 1 fully saturated rings. The molecule has 2 rings (SSSR count). The highest BCUT2D eigenvalue weighted by molar-refractivity contribution is 5.99. The van der Waals surface area contributed by atoms with Gasteiger partial charge in [0.25, 0.3) is 0 Å². The van der Waals surface area contributed by atoms with Crippen molar-refractivity contribution in [2.45, 2.75) is 56.7 Å². The summed E-state index contributed by atoms with van der Waals surface area (Å²) < 4.78 is 0. The third-order valence-electron chi connectivity index (χ3n) is 4.65. The first-order valence-corrected chi connectivity index (χ1v) is 9.51. The third-order valence-corrected chi connectivity index (χ3v) is 4.65. The maximum Gasteiger partial charge on any atom is 0.243 e. The Kier molecular flexibility index (Phi) is 8.15. The zero-order valence-electron chi connectivity index (χ0n) is 16.0. The smallest absolute Gasteiger partial charge is 0.243 e. The largest absolute Gasteiger partial charge is 0.368 e. The van der Waals surface area contributed by atoms with Crippen LogP contribution in [0.3, 0.4) is 0 Å². The van der Waals surface area contributed by atoms with Crippen LogP contribution in [0.1, 0.15) is 37.7 Å². The van der Waals surface area contributed by atoms with Gasteiger partial charge in [0.1, 0.15) is 18.1 Å². The van der Waals surface area contributed by atoms with E-state index in [9.17, 15) is 19.2 Å². The number of piperazine rings is 1. The van der Waals surface area contributed by atoms with E-state index < -0.39 is 35.8 Å². The number of nitrogens with one attached hydrogen (secondary N) is 3. The van der Waals surface area contributed by atoms with E-state index in [-0.39, 0.29) is 12.3 Å². The number of nitriles is 1. The molecule has 1 heterocycles. The van der Waals surface area contributed by atoms with Gasteiger partial charge in [-0.1, -0.05) is 30.3 Å².